The molecule has 0 bridgehead atoms. The molecule has 268 valence electrons. The van der Waals surface area contributed by atoms with Gasteiger partial charge in [-0.25, -0.2) is 8.42 Å². The molecule has 3 fully saturated rings. The zero-order valence-electron chi connectivity index (χ0n) is 31.9. The van der Waals surface area contributed by atoms with E-state index < -0.39 is 28.6 Å². The first-order chi connectivity index (χ1) is 22.4. The van der Waals surface area contributed by atoms with Gasteiger partial charge >= 0.3 is 65.1 Å². The number of allylic oxidation sites excluding steroid dienone is 7. The fourth-order valence-corrected chi connectivity index (χ4v) is 13.6. The van der Waals surface area contributed by atoms with E-state index in [9.17, 15) is 22.3 Å². The monoisotopic (exact) mass is 748 g/mol. The van der Waals surface area contributed by atoms with Crippen molar-refractivity contribution in [2.24, 2.45) is 56.7 Å². The summed E-state index contributed by atoms with van der Waals surface area (Å²) in [6, 6.07) is 0. The molecule has 12 heteroatoms. The maximum Gasteiger partial charge on any atom is 1.00 e. The summed E-state index contributed by atoms with van der Waals surface area (Å²) in [5.74, 6) is 1.09. The van der Waals surface area contributed by atoms with Crippen LogP contribution in [0.3, 0.4) is 0 Å². The molecular formula is C38H54Na2O8S2. The van der Waals surface area contributed by atoms with Gasteiger partial charge in [0.05, 0.1) is 5.92 Å². The van der Waals surface area contributed by atoms with Gasteiger partial charge in [-0.2, -0.15) is 0 Å². The molecule has 0 heterocycles. The van der Waals surface area contributed by atoms with Crippen LogP contribution in [-0.4, -0.2) is 29.6 Å². The molecule has 0 aromatic carbocycles. The van der Waals surface area contributed by atoms with E-state index in [4.69, 9.17) is 13.1 Å². The van der Waals surface area contributed by atoms with E-state index in [1.54, 1.807) is 6.08 Å². The van der Waals surface area contributed by atoms with Crippen LogP contribution in [0.1, 0.15) is 120 Å². The van der Waals surface area contributed by atoms with Gasteiger partial charge in [-0.05, 0) is 129 Å². The van der Waals surface area contributed by atoms with Crippen LogP contribution < -0.4 is 59.1 Å². The molecule has 0 amide bonds. The van der Waals surface area contributed by atoms with E-state index in [2.05, 4.69) is 60.6 Å². The Balaban J connectivity index is 0.00000281. The molecule has 8 nitrogen and oxygen atoms in total. The maximum atomic E-state index is 12.5. The van der Waals surface area contributed by atoms with Gasteiger partial charge in [-0.3, -0.25) is 4.79 Å². The largest absolute Gasteiger partial charge is 1.00 e. The molecule has 0 aliphatic heterocycles. The van der Waals surface area contributed by atoms with Crippen LogP contribution >= 0.6 is 0 Å². The van der Waals surface area contributed by atoms with E-state index in [-0.39, 0.29) is 110 Å². The van der Waals surface area contributed by atoms with Gasteiger partial charge in [0.25, 0.3) is 0 Å². The van der Waals surface area contributed by atoms with E-state index >= 15 is 0 Å². The first kappa shape index (κ1) is 43.0. The van der Waals surface area contributed by atoms with Crippen molar-refractivity contribution in [3.8, 4) is 0 Å². The Morgan fingerprint density at radius 1 is 0.880 bits per heavy atom. The van der Waals surface area contributed by atoms with Gasteiger partial charge in [0.1, 0.15) is 40.3 Å². The second-order valence-corrected chi connectivity index (χ2v) is 18.8. The van der Waals surface area contributed by atoms with Crippen molar-refractivity contribution in [2.75, 3.05) is 0 Å². The third kappa shape index (κ3) is 7.33. The number of carbonyl (C=O) groups is 1. The molecule has 0 saturated heterocycles. The number of hydrogen-bond acceptors (Lipinski definition) is 8. The van der Waals surface area contributed by atoms with Crippen LogP contribution in [0.5, 0.6) is 0 Å². The minimum atomic E-state index is -2.77. The average molecular weight is 749 g/mol. The summed E-state index contributed by atoms with van der Waals surface area (Å²) in [4.78, 5) is 12.5. The van der Waals surface area contributed by atoms with Crippen molar-refractivity contribution >= 4 is 28.7 Å². The Bertz CT molecular complexity index is 1520. The van der Waals surface area contributed by atoms with Crippen LogP contribution in [0.25, 0.3) is 0 Å². The first-order valence-electron chi connectivity index (χ1n) is 17.9. The minimum Gasteiger partial charge on any atom is -0.740 e. The predicted molar refractivity (Wildman–Crippen MR) is 183 cm³/mol. The third-order valence-electron chi connectivity index (χ3n) is 14.7. The standard InChI is InChI=1S/C38H56O8S2.2Na/c1-23-10-9-17-34(3,4)26(23)13-19-37(7)29-15-20-38(8)30(36(29,6)21-16-31(37)44-24(2)39)14-18-35(5)22-25-27(45-47(40)41)11-12-28(46-48(42)43)32(25)33(35)38;;/h10-12,22,26,29-33H,9,13-21H2,1-8H3,(H,40,41)(H,42,43);;/q;2*+1/p-2/t26-,29-,30-,31+,32?,33-,35-,36+,37+,38-;;/m1../s1. The van der Waals surface area contributed by atoms with Crippen LogP contribution in [0.2, 0.25) is 0 Å². The molecule has 0 aromatic rings. The molecule has 3 unspecified atom stereocenters. The normalized spacial score (nSPS) is 42.4. The SMILES string of the molecule is CC(=O)O[C@H]1CC[C@@]2(C)[C@@H](CC[C@]3(C)[C@@H]2CC[C@]2(C)C=C4C(OS(=O)[O-])=CC=C(OS(=O)[O-])C4[C@@H]32)[C@]1(C)CC[C@@H]1C(C)=CCCC1(C)C.[Na+].[Na+]. The molecule has 0 aromatic heterocycles. The van der Waals surface area contributed by atoms with Crippen molar-refractivity contribution in [1.82, 2.24) is 0 Å². The number of rotatable bonds is 8. The molecule has 12 atom stereocenters. The maximum absolute atomic E-state index is 12.5. The molecule has 6 aliphatic carbocycles. The zero-order chi connectivity index (χ0) is 35.0. The Hall–Kier alpha value is 0.250. The Morgan fingerprint density at radius 2 is 1.52 bits per heavy atom. The average Bonchev–Trinajstić information content (AvgIpc) is 3.30. The molecule has 50 heavy (non-hydrogen) atoms. The second kappa shape index (κ2) is 15.4. The smallest absolute Gasteiger partial charge is 0.740 e. The molecule has 6 rings (SSSR count). The molecule has 0 spiro atoms. The van der Waals surface area contributed by atoms with Gasteiger partial charge in [0.2, 0.25) is 0 Å². The van der Waals surface area contributed by atoms with Gasteiger partial charge in [-0.15, -0.1) is 0 Å². The third-order valence-corrected chi connectivity index (χ3v) is 15.4. The fourth-order valence-electron chi connectivity index (χ4n) is 12.9. The zero-order valence-corrected chi connectivity index (χ0v) is 37.6. The van der Waals surface area contributed by atoms with Crippen LogP contribution in [0, 0.1) is 56.7 Å². The van der Waals surface area contributed by atoms with Gasteiger partial charge in [-0.1, -0.05) is 59.3 Å². The summed E-state index contributed by atoms with van der Waals surface area (Å²) in [7, 11) is 0. The minimum absolute atomic E-state index is 0. The van der Waals surface area contributed by atoms with E-state index in [0.29, 0.717) is 29.1 Å². The van der Waals surface area contributed by atoms with Crippen molar-refractivity contribution in [1.29, 1.82) is 0 Å². The Labute approximate surface area is 349 Å². The summed E-state index contributed by atoms with van der Waals surface area (Å²) < 4.78 is 64.1. The summed E-state index contributed by atoms with van der Waals surface area (Å²) in [5, 5.41) is 0. The Morgan fingerprint density at radius 3 is 2.14 bits per heavy atom. The number of carbonyl (C=O) groups excluding carboxylic acids is 1. The molecule has 6 aliphatic rings. The summed E-state index contributed by atoms with van der Waals surface area (Å²) >= 11 is -5.54. The quantitative estimate of drug-likeness (QED) is 0.161. The fraction of sp³-hybridized carbons (Fsp3) is 0.763. The Kier molecular flexibility index (Phi) is 13.3. The predicted octanol–water partition coefficient (Wildman–Crippen LogP) is 2.30. The number of esters is 1. The molecule has 0 radical (unpaired) electrons. The van der Waals surface area contributed by atoms with Gasteiger partial charge in [0.15, 0.2) is 0 Å². The first-order valence-corrected chi connectivity index (χ1v) is 19.9. The van der Waals surface area contributed by atoms with Crippen molar-refractivity contribution in [3.05, 3.63) is 47.0 Å². The topological polar surface area (TPSA) is 125 Å². The van der Waals surface area contributed by atoms with Gasteiger partial charge in [0, 0.05) is 17.9 Å². The van der Waals surface area contributed by atoms with Crippen molar-refractivity contribution in [3.63, 3.8) is 0 Å². The number of ether oxygens (including phenoxy) is 1. The van der Waals surface area contributed by atoms with Crippen LogP contribution in [0.15, 0.2) is 47.0 Å². The summed E-state index contributed by atoms with van der Waals surface area (Å²) in [5.41, 5.74) is 1.72. The number of hydrogen-bond donors (Lipinski definition) is 0. The molecule has 3 saturated carbocycles. The van der Waals surface area contributed by atoms with Gasteiger partial charge < -0.3 is 22.2 Å². The van der Waals surface area contributed by atoms with Crippen molar-refractivity contribution in [2.45, 2.75) is 126 Å². The van der Waals surface area contributed by atoms with Crippen LogP contribution in [0.4, 0.5) is 0 Å². The molecular weight excluding hydrogens is 695 g/mol. The van der Waals surface area contributed by atoms with E-state index in [1.165, 1.54) is 25.0 Å². The molecule has 0 N–H and O–H groups in total. The second-order valence-electron chi connectivity index (χ2n) is 17.6. The summed E-state index contributed by atoms with van der Waals surface area (Å²) in [6.45, 7) is 18.1. The van der Waals surface area contributed by atoms with E-state index in [0.717, 1.165) is 57.8 Å². The van der Waals surface area contributed by atoms with Crippen LogP contribution in [-0.2, 0) is 40.6 Å². The summed E-state index contributed by atoms with van der Waals surface area (Å²) in [6.07, 6.45) is 17.5. The van der Waals surface area contributed by atoms with E-state index in [1.807, 2.05) is 0 Å². The van der Waals surface area contributed by atoms with Crippen molar-refractivity contribution < 1.29 is 94.5 Å². The number of fused-ring (bicyclic) bond motifs is 7.